The summed E-state index contributed by atoms with van der Waals surface area (Å²) in [6.45, 7) is 4.11. The number of rotatable bonds is 1. The zero-order valence-electron chi connectivity index (χ0n) is 10.7. The summed E-state index contributed by atoms with van der Waals surface area (Å²) in [6.07, 6.45) is 0.780. The third-order valence-electron chi connectivity index (χ3n) is 4.04. The Kier molecular flexibility index (Phi) is 2.70. The highest BCUT2D eigenvalue weighted by atomic mass is 35.5. The molecule has 0 spiro atoms. The summed E-state index contributed by atoms with van der Waals surface area (Å²) in [6, 6.07) is 6.95. The van der Waals surface area contributed by atoms with Crippen LogP contribution in [0, 0.1) is 5.41 Å². The Labute approximate surface area is 117 Å². The molecule has 2 aliphatic rings. The highest BCUT2D eigenvalue weighted by molar-refractivity contribution is 7.90. The van der Waals surface area contributed by atoms with E-state index in [0.29, 0.717) is 16.3 Å². The molecule has 0 amide bonds. The molecule has 1 aromatic rings. The SMILES string of the molecule is CC1(C)C(Cl)CC1N=C1NS(=O)(=O)c2ccccc21. The Balaban J connectivity index is 2.01. The van der Waals surface area contributed by atoms with E-state index in [9.17, 15) is 8.42 Å². The molecule has 2 unspecified atom stereocenters. The van der Waals surface area contributed by atoms with Crippen molar-refractivity contribution in [2.45, 2.75) is 36.6 Å². The molecule has 2 atom stereocenters. The van der Waals surface area contributed by atoms with Gasteiger partial charge in [0.15, 0.2) is 0 Å². The molecule has 1 fully saturated rings. The van der Waals surface area contributed by atoms with Crippen molar-refractivity contribution >= 4 is 27.5 Å². The predicted octanol–water partition coefficient (Wildman–Crippen LogP) is 2.13. The van der Waals surface area contributed by atoms with Crippen molar-refractivity contribution < 1.29 is 8.42 Å². The van der Waals surface area contributed by atoms with Crippen molar-refractivity contribution in [2.75, 3.05) is 0 Å². The van der Waals surface area contributed by atoms with Crippen LogP contribution >= 0.6 is 11.6 Å². The zero-order chi connectivity index (χ0) is 13.8. The summed E-state index contributed by atoms with van der Waals surface area (Å²) in [7, 11) is -3.45. The molecule has 1 aliphatic carbocycles. The van der Waals surface area contributed by atoms with Crippen LogP contribution in [-0.2, 0) is 10.0 Å². The molecule has 19 heavy (non-hydrogen) atoms. The van der Waals surface area contributed by atoms with Crippen LogP contribution in [-0.4, -0.2) is 25.7 Å². The smallest absolute Gasteiger partial charge is 0.263 e. The average molecular weight is 299 g/mol. The Morgan fingerprint density at radius 1 is 1.37 bits per heavy atom. The van der Waals surface area contributed by atoms with Crippen LogP contribution in [0.4, 0.5) is 0 Å². The van der Waals surface area contributed by atoms with Gasteiger partial charge in [0.25, 0.3) is 10.0 Å². The first-order chi connectivity index (χ1) is 8.82. The van der Waals surface area contributed by atoms with Gasteiger partial charge in [0, 0.05) is 16.4 Å². The molecule has 102 valence electrons. The van der Waals surface area contributed by atoms with E-state index >= 15 is 0 Å². The number of halogens is 1. The van der Waals surface area contributed by atoms with Crippen LogP contribution in [0.2, 0.25) is 0 Å². The van der Waals surface area contributed by atoms with E-state index in [1.54, 1.807) is 18.2 Å². The molecule has 0 bridgehead atoms. The summed E-state index contributed by atoms with van der Waals surface area (Å²) < 4.78 is 26.4. The number of aliphatic imine (C=N–C) groups is 1. The molecule has 0 saturated heterocycles. The first kappa shape index (κ1) is 12.9. The van der Waals surface area contributed by atoms with Gasteiger partial charge in [-0.1, -0.05) is 26.0 Å². The van der Waals surface area contributed by atoms with Crippen LogP contribution in [0.5, 0.6) is 0 Å². The van der Waals surface area contributed by atoms with E-state index in [0.717, 1.165) is 6.42 Å². The van der Waals surface area contributed by atoms with Crippen molar-refractivity contribution in [3.8, 4) is 0 Å². The maximum absolute atomic E-state index is 12.0. The standard InChI is InChI=1S/C13H15ClN2O2S/c1-13(2)10(14)7-11(13)15-12-8-5-3-4-6-9(8)19(17,18)16-12/h3-6,10-11H,7H2,1-2H3,(H,15,16). The summed E-state index contributed by atoms with van der Waals surface area (Å²) in [5.74, 6) is 0.442. The second kappa shape index (κ2) is 3.96. The van der Waals surface area contributed by atoms with Gasteiger partial charge in [0.05, 0.1) is 10.9 Å². The summed E-state index contributed by atoms with van der Waals surface area (Å²) >= 11 is 6.17. The second-order valence-electron chi connectivity index (χ2n) is 5.62. The van der Waals surface area contributed by atoms with Crippen LogP contribution in [0.15, 0.2) is 34.2 Å². The van der Waals surface area contributed by atoms with Gasteiger partial charge in [0.1, 0.15) is 5.84 Å². The monoisotopic (exact) mass is 298 g/mol. The van der Waals surface area contributed by atoms with E-state index in [1.165, 1.54) is 0 Å². The molecule has 1 aliphatic heterocycles. The minimum atomic E-state index is -3.45. The molecule has 4 nitrogen and oxygen atoms in total. The van der Waals surface area contributed by atoms with Crippen molar-refractivity contribution in [2.24, 2.45) is 10.4 Å². The maximum atomic E-state index is 12.0. The minimum absolute atomic E-state index is 0.0545. The fraction of sp³-hybridized carbons (Fsp3) is 0.462. The molecule has 0 aromatic heterocycles. The number of sulfonamides is 1. The van der Waals surface area contributed by atoms with Crippen LogP contribution in [0.1, 0.15) is 25.8 Å². The Hall–Kier alpha value is -1.07. The number of alkyl halides is 1. The molecule has 0 radical (unpaired) electrons. The fourth-order valence-corrected chi connectivity index (χ4v) is 4.01. The topological polar surface area (TPSA) is 58.5 Å². The third kappa shape index (κ3) is 1.87. The summed E-state index contributed by atoms with van der Waals surface area (Å²) in [5.41, 5.74) is 0.550. The molecular formula is C13H15ClN2O2S. The lowest BCUT2D eigenvalue weighted by Crippen LogP contribution is -2.50. The second-order valence-corrected chi connectivity index (χ2v) is 7.80. The largest absolute Gasteiger partial charge is 0.263 e. The van der Waals surface area contributed by atoms with Gasteiger partial charge in [-0.25, -0.2) is 8.42 Å². The lowest BCUT2D eigenvalue weighted by atomic mass is 9.67. The number of benzene rings is 1. The fourth-order valence-electron chi connectivity index (χ4n) is 2.46. The van der Waals surface area contributed by atoms with Gasteiger partial charge >= 0.3 is 0 Å². The number of nitrogens with zero attached hydrogens (tertiary/aromatic N) is 1. The van der Waals surface area contributed by atoms with Gasteiger partial charge in [-0.05, 0) is 18.6 Å². The van der Waals surface area contributed by atoms with Gasteiger partial charge in [-0.15, -0.1) is 11.6 Å². The lowest BCUT2D eigenvalue weighted by Gasteiger charge is -2.46. The van der Waals surface area contributed by atoms with E-state index in [-0.39, 0.29) is 16.8 Å². The van der Waals surface area contributed by atoms with Crippen molar-refractivity contribution in [3.63, 3.8) is 0 Å². The summed E-state index contributed by atoms with van der Waals surface area (Å²) in [5, 5.41) is 0.0927. The van der Waals surface area contributed by atoms with Gasteiger partial charge in [-0.2, -0.15) is 0 Å². The highest BCUT2D eigenvalue weighted by Crippen LogP contribution is 2.46. The van der Waals surface area contributed by atoms with Gasteiger partial charge in [-0.3, -0.25) is 9.71 Å². The molecule has 1 aromatic carbocycles. The number of amidine groups is 1. The highest BCUT2D eigenvalue weighted by Gasteiger charge is 2.48. The normalized spacial score (nSPS) is 32.5. The van der Waals surface area contributed by atoms with Crippen LogP contribution in [0.3, 0.4) is 0 Å². The lowest BCUT2D eigenvalue weighted by molar-refractivity contribution is 0.154. The number of hydrogen-bond donors (Lipinski definition) is 1. The van der Waals surface area contributed by atoms with E-state index in [4.69, 9.17) is 11.6 Å². The molecule has 1 heterocycles. The van der Waals surface area contributed by atoms with Crippen molar-refractivity contribution in [3.05, 3.63) is 29.8 Å². The van der Waals surface area contributed by atoms with Crippen LogP contribution in [0.25, 0.3) is 0 Å². The third-order valence-corrected chi connectivity index (χ3v) is 6.18. The first-order valence-corrected chi connectivity index (χ1v) is 8.08. The zero-order valence-corrected chi connectivity index (χ0v) is 12.3. The van der Waals surface area contributed by atoms with Crippen molar-refractivity contribution in [1.82, 2.24) is 4.72 Å². The predicted molar refractivity (Wildman–Crippen MR) is 75.1 cm³/mol. The van der Waals surface area contributed by atoms with Crippen LogP contribution < -0.4 is 4.72 Å². The molecule has 3 rings (SSSR count). The number of nitrogens with one attached hydrogen (secondary N) is 1. The van der Waals surface area contributed by atoms with Gasteiger partial charge < -0.3 is 0 Å². The van der Waals surface area contributed by atoms with E-state index in [1.807, 2.05) is 6.07 Å². The Morgan fingerprint density at radius 3 is 2.68 bits per heavy atom. The molecule has 6 heteroatoms. The Bertz CT molecular complexity index is 667. The van der Waals surface area contributed by atoms with Crippen molar-refractivity contribution in [1.29, 1.82) is 0 Å². The average Bonchev–Trinajstić information content (AvgIpc) is 2.62. The summed E-state index contributed by atoms with van der Waals surface area (Å²) in [4.78, 5) is 4.86. The minimum Gasteiger partial charge on any atom is -0.263 e. The quantitative estimate of drug-likeness (QED) is 0.808. The number of fused-ring (bicyclic) bond motifs is 1. The molecular weight excluding hydrogens is 284 g/mol. The van der Waals surface area contributed by atoms with E-state index < -0.39 is 10.0 Å². The molecule has 1 N–H and O–H groups in total. The maximum Gasteiger partial charge on any atom is 0.263 e. The number of hydrogen-bond acceptors (Lipinski definition) is 3. The first-order valence-electron chi connectivity index (χ1n) is 6.16. The van der Waals surface area contributed by atoms with Gasteiger partial charge in [0.2, 0.25) is 0 Å². The van der Waals surface area contributed by atoms with E-state index in [2.05, 4.69) is 23.6 Å². The molecule has 1 saturated carbocycles. The Morgan fingerprint density at radius 2 is 2.05 bits per heavy atom.